The van der Waals surface area contributed by atoms with Crippen molar-refractivity contribution in [3.05, 3.63) is 101 Å². The van der Waals surface area contributed by atoms with Gasteiger partial charge in [0.25, 0.3) is 5.91 Å². The van der Waals surface area contributed by atoms with Crippen molar-refractivity contribution >= 4 is 34.2 Å². The molecule has 3 aromatic rings. The van der Waals surface area contributed by atoms with E-state index in [-0.39, 0.29) is 5.91 Å². The summed E-state index contributed by atoms with van der Waals surface area (Å²) in [5, 5.41) is 0. The minimum atomic E-state index is -1.34. The Bertz CT molecular complexity index is 1000. The van der Waals surface area contributed by atoms with E-state index >= 15 is 0 Å². The number of thioether (sulfide) groups is 1. The first kappa shape index (κ1) is 16.8. The van der Waals surface area contributed by atoms with Gasteiger partial charge in [-0.25, -0.2) is 4.21 Å². The van der Waals surface area contributed by atoms with Crippen LogP contribution in [0.25, 0.3) is 0 Å². The van der Waals surface area contributed by atoms with E-state index in [4.69, 9.17) is 0 Å². The topological polar surface area (TPSA) is 37.4 Å². The molecule has 0 spiro atoms. The summed E-state index contributed by atoms with van der Waals surface area (Å²) in [6, 6.07) is 26.1. The van der Waals surface area contributed by atoms with Crippen LogP contribution in [0, 0.1) is 0 Å². The zero-order valence-corrected chi connectivity index (χ0v) is 15.4. The predicted molar refractivity (Wildman–Crippen MR) is 106 cm³/mol. The van der Waals surface area contributed by atoms with Crippen LogP contribution in [0.2, 0.25) is 0 Å². The number of amides is 1. The zero-order chi connectivity index (χ0) is 17.9. The smallest absolute Gasteiger partial charge is 0.262 e. The van der Waals surface area contributed by atoms with Crippen LogP contribution in [0.15, 0.2) is 105 Å². The molecule has 0 bridgehead atoms. The number of rotatable bonds is 3. The van der Waals surface area contributed by atoms with Crippen molar-refractivity contribution in [2.24, 2.45) is 0 Å². The maximum absolute atomic E-state index is 13.0. The number of hydrogen-bond acceptors (Lipinski definition) is 3. The van der Waals surface area contributed by atoms with E-state index in [1.165, 1.54) is 11.8 Å². The third kappa shape index (κ3) is 3.23. The number of anilines is 1. The SMILES string of the molecule is O=C(c1ccccc1)N1C=C(S(=O)c2ccccc2)Sc2ccccc21. The minimum Gasteiger partial charge on any atom is -0.281 e. The first-order chi connectivity index (χ1) is 12.7. The van der Waals surface area contributed by atoms with Gasteiger partial charge in [-0.15, -0.1) is 0 Å². The number of hydrogen-bond donors (Lipinski definition) is 0. The van der Waals surface area contributed by atoms with Crippen molar-refractivity contribution in [1.29, 1.82) is 0 Å². The molecule has 128 valence electrons. The molecule has 3 aromatic carbocycles. The number of nitrogens with zero attached hydrogens (tertiary/aromatic N) is 1. The van der Waals surface area contributed by atoms with Crippen LogP contribution >= 0.6 is 11.8 Å². The van der Waals surface area contributed by atoms with Gasteiger partial charge in [-0.3, -0.25) is 9.69 Å². The molecule has 0 aliphatic carbocycles. The molecule has 5 heteroatoms. The molecule has 0 radical (unpaired) electrons. The van der Waals surface area contributed by atoms with Crippen LogP contribution in [0.4, 0.5) is 5.69 Å². The van der Waals surface area contributed by atoms with Gasteiger partial charge in [0, 0.05) is 21.6 Å². The number of carbonyl (C=O) groups excluding carboxylic acids is 1. The van der Waals surface area contributed by atoms with Gasteiger partial charge < -0.3 is 0 Å². The Labute approximate surface area is 158 Å². The van der Waals surface area contributed by atoms with Crippen LogP contribution < -0.4 is 4.90 Å². The fraction of sp³-hybridized carbons (Fsp3) is 0. The summed E-state index contributed by atoms with van der Waals surface area (Å²) < 4.78 is 13.6. The maximum Gasteiger partial charge on any atom is 0.262 e. The molecule has 0 aromatic heterocycles. The van der Waals surface area contributed by atoms with Crippen molar-refractivity contribution in [3.63, 3.8) is 0 Å². The highest BCUT2D eigenvalue weighted by molar-refractivity contribution is 8.16. The lowest BCUT2D eigenvalue weighted by molar-refractivity contribution is 0.0997. The van der Waals surface area contributed by atoms with Crippen LogP contribution in [-0.4, -0.2) is 10.1 Å². The van der Waals surface area contributed by atoms with Crippen LogP contribution in [0.3, 0.4) is 0 Å². The Morgan fingerprint density at radius 3 is 2.15 bits per heavy atom. The molecule has 0 N–H and O–H groups in total. The van der Waals surface area contributed by atoms with Gasteiger partial charge in [0.2, 0.25) is 0 Å². The normalized spacial score (nSPS) is 14.3. The summed E-state index contributed by atoms with van der Waals surface area (Å²) in [5.41, 5.74) is 1.40. The van der Waals surface area contributed by atoms with E-state index in [9.17, 15) is 9.00 Å². The molecule has 0 saturated heterocycles. The van der Waals surface area contributed by atoms with Crippen LogP contribution in [0.1, 0.15) is 10.4 Å². The molecule has 26 heavy (non-hydrogen) atoms. The van der Waals surface area contributed by atoms with Gasteiger partial charge in [0.05, 0.1) is 20.7 Å². The monoisotopic (exact) mass is 377 g/mol. The lowest BCUT2D eigenvalue weighted by Crippen LogP contribution is -2.28. The molecule has 3 nitrogen and oxygen atoms in total. The Morgan fingerprint density at radius 2 is 1.42 bits per heavy atom. The van der Waals surface area contributed by atoms with Crippen molar-refractivity contribution in [2.75, 3.05) is 4.90 Å². The third-order valence-corrected chi connectivity index (χ3v) is 6.70. The highest BCUT2D eigenvalue weighted by Crippen LogP contribution is 2.42. The van der Waals surface area contributed by atoms with Gasteiger partial charge >= 0.3 is 0 Å². The largest absolute Gasteiger partial charge is 0.281 e. The molecule has 0 fully saturated rings. The molecule has 1 aliphatic heterocycles. The summed E-state index contributed by atoms with van der Waals surface area (Å²) in [6.45, 7) is 0. The molecule has 1 amide bonds. The van der Waals surface area contributed by atoms with E-state index in [0.717, 1.165) is 15.5 Å². The quantitative estimate of drug-likeness (QED) is 0.641. The summed E-state index contributed by atoms with van der Waals surface area (Å²) in [5.74, 6) is -0.138. The van der Waals surface area contributed by atoms with Crippen molar-refractivity contribution in [1.82, 2.24) is 0 Å². The first-order valence-corrected chi connectivity index (χ1v) is 10.0. The summed E-state index contributed by atoms with van der Waals surface area (Å²) in [6.07, 6.45) is 1.70. The fourth-order valence-corrected chi connectivity index (χ4v) is 5.18. The first-order valence-electron chi connectivity index (χ1n) is 8.08. The second kappa shape index (κ2) is 7.32. The van der Waals surface area contributed by atoms with Gasteiger partial charge in [-0.05, 0) is 36.4 Å². The fourth-order valence-electron chi connectivity index (χ4n) is 2.69. The van der Waals surface area contributed by atoms with Crippen LogP contribution in [0.5, 0.6) is 0 Å². The molecule has 1 unspecified atom stereocenters. The molecular formula is C21H15NO2S2. The minimum absolute atomic E-state index is 0.138. The lowest BCUT2D eigenvalue weighted by Gasteiger charge is -2.27. The Hall–Kier alpha value is -2.63. The zero-order valence-electron chi connectivity index (χ0n) is 13.7. The summed E-state index contributed by atoms with van der Waals surface area (Å²) in [4.78, 5) is 16.3. The number of para-hydroxylation sites is 1. The molecular weight excluding hydrogens is 362 g/mol. The second-order valence-corrected chi connectivity index (χ2v) is 8.43. The number of carbonyl (C=O) groups is 1. The average Bonchev–Trinajstić information content (AvgIpc) is 2.73. The molecule has 1 atom stereocenters. The number of fused-ring (bicyclic) bond motifs is 1. The van der Waals surface area contributed by atoms with Crippen molar-refractivity contribution in [3.8, 4) is 0 Å². The van der Waals surface area contributed by atoms with Gasteiger partial charge in [0.1, 0.15) is 0 Å². The third-order valence-electron chi connectivity index (χ3n) is 3.95. The molecule has 1 aliphatic rings. The molecule has 1 heterocycles. The van der Waals surface area contributed by atoms with Gasteiger partial charge in [-0.2, -0.15) is 0 Å². The number of benzene rings is 3. The summed E-state index contributed by atoms with van der Waals surface area (Å²) in [7, 11) is -1.34. The lowest BCUT2D eigenvalue weighted by atomic mass is 10.2. The average molecular weight is 377 g/mol. The molecule has 4 rings (SSSR count). The highest BCUT2D eigenvalue weighted by Gasteiger charge is 2.26. The van der Waals surface area contributed by atoms with E-state index in [1.807, 2.05) is 72.8 Å². The predicted octanol–water partition coefficient (Wildman–Crippen LogP) is 5.05. The van der Waals surface area contributed by atoms with Crippen LogP contribution in [-0.2, 0) is 10.8 Å². The van der Waals surface area contributed by atoms with E-state index in [2.05, 4.69) is 0 Å². The maximum atomic E-state index is 13.0. The summed E-state index contributed by atoms with van der Waals surface area (Å²) >= 11 is 1.44. The van der Waals surface area contributed by atoms with Gasteiger partial charge in [0.15, 0.2) is 0 Å². The van der Waals surface area contributed by atoms with Gasteiger partial charge in [-0.1, -0.05) is 60.3 Å². The van der Waals surface area contributed by atoms with E-state index in [0.29, 0.717) is 9.80 Å². The van der Waals surface area contributed by atoms with E-state index in [1.54, 1.807) is 23.2 Å². The Morgan fingerprint density at radius 1 is 0.808 bits per heavy atom. The van der Waals surface area contributed by atoms with Crippen molar-refractivity contribution in [2.45, 2.75) is 9.79 Å². The van der Waals surface area contributed by atoms with E-state index < -0.39 is 10.8 Å². The Balaban J connectivity index is 1.77. The standard InChI is InChI=1S/C21H15NO2S2/c23-21(16-9-3-1-4-10-16)22-15-20(25-19-14-8-7-13-18(19)22)26(24)17-11-5-2-6-12-17/h1-15H. The second-order valence-electron chi connectivity index (χ2n) is 5.64. The van der Waals surface area contributed by atoms with Crippen molar-refractivity contribution < 1.29 is 9.00 Å². The Kier molecular flexibility index (Phi) is 4.73. The molecule has 0 saturated carbocycles. The highest BCUT2D eigenvalue weighted by atomic mass is 32.2.